The highest BCUT2D eigenvalue weighted by Crippen LogP contribution is 2.40. The maximum absolute atomic E-state index is 14.2. The Morgan fingerprint density at radius 3 is 2.63 bits per heavy atom. The number of fused-ring (bicyclic) bond motifs is 1. The van der Waals surface area contributed by atoms with Gasteiger partial charge in [0, 0.05) is 18.5 Å². The van der Waals surface area contributed by atoms with Crippen molar-refractivity contribution >= 4 is 0 Å². The molecule has 0 saturated heterocycles. The topological polar surface area (TPSA) is 12.0 Å². The normalized spacial score (nSPS) is 22.0. The average molecular weight is 255 g/mol. The van der Waals surface area contributed by atoms with Crippen LogP contribution >= 0.6 is 0 Å². The second-order valence-corrected chi connectivity index (χ2v) is 5.10. The molecule has 0 radical (unpaired) electrons. The monoisotopic (exact) mass is 255 g/mol. The van der Waals surface area contributed by atoms with Gasteiger partial charge in [-0.2, -0.15) is 0 Å². The Hall–Kier alpha value is -1.67. The minimum Gasteiger partial charge on any atom is -0.305 e. The second-order valence-electron chi connectivity index (χ2n) is 5.10. The molecule has 2 heteroatoms. The fourth-order valence-corrected chi connectivity index (χ4v) is 3.13. The minimum atomic E-state index is -0.0632. The van der Waals surface area contributed by atoms with E-state index in [9.17, 15) is 4.39 Å². The Kier molecular flexibility index (Phi) is 3.34. The number of nitrogens with one attached hydrogen (secondary N) is 1. The van der Waals surface area contributed by atoms with Gasteiger partial charge < -0.3 is 5.32 Å². The number of rotatable bonds is 2. The summed E-state index contributed by atoms with van der Waals surface area (Å²) in [6, 6.07) is 15.9. The van der Waals surface area contributed by atoms with Crippen molar-refractivity contribution in [2.24, 2.45) is 0 Å². The van der Waals surface area contributed by atoms with Crippen molar-refractivity contribution in [1.82, 2.24) is 5.32 Å². The van der Waals surface area contributed by atoms with E-state index in [1.807, 2.05) is 24.3 Å². The van der Waals surface area contributed by atoms with E-state index in [1.165, 1.54) is 5.56 Å². The summed E-state index contributed by atoms with van der Waals surface area (Å²) in [5.74, 6) is 0.138. The van der Waals surface area contributed by atoms with Crippen LogP contribution in [0, 0.1) is 5.82 Å². The molecule has 0 amide bonds. The van der Waals surface area contributed by atoms with Gasteiger partial charge in [0.1, 0.15) is 5.82 Å². The predicted molar refractivity (Wildman–Crippen MR) is 75.5 cm³/mol. The lowest BCUT2D eigenvalue weighted by Gasteiger charge is -2.34. The quantitative estimate of drug-likeness (QED) is 0.849. The fraction of sp³-hybridized carbons (Fsp3) is 0.294. The Labute approximate surface area is 113 Å². The van der Waals surface area contributed by atoms with Crippen molar-refractivity contribution in [2.45, 2.75) is 31.8 Å². The molecule has 1 N–H and O–H groups in total. The van der Waals surface area contributed by atoms with Gasteiger partial charge in [0.05, 0.1) is 0 Å². The third-order valence-electron chi connectivity index (χ3n) is 4.03. The molecule has 19 heavy (non-hydrogen) atoms. The lowest BCUT2D eigenvalue weighted by Crippen LogP contribution is -2.33. The summed E-state index contributed by atoms with van der Waals surface area (Å²) in [7, 11) is 0. The van der Waals surface area contributed by atoms with Crippen LogP contribution in [0.5, 0.6) is 0 Å². The van der Waals surface area contributed by atoms with Gasteiger partial charge in [-0.15, -0.1) is 0 Å². The van der Waals surface area contributed by atoms with E-state index < -0.39 is 0 Å². The van der Waals surface area contributed by atoms with Gasteiger partial charge in [-0.3, -0.25) is 0 Å². The fourth-order valence-electron chi connectivity index (χ4n) is 3.13. The summed E-state index contributed by atoms with van der Waals surface area (Å²) in [4.78, 5) is 0. The van der Waals surface area contributed by atoms with Crippen LogP contribution in [0.2, 0.25) is 0 Å². The lowest BCUT2D eigenvalue weighted by molar-refractivity contribution is 0.389. The molecule has 0 saturated carbocycles. The first-order valence-electron chi connectivity index (χ1n) is 6.87. The third kappa shape index (κ3) is 2.17. The van der Waals surface area contributed by atoms with E-state index in [0.717, 1.165) is 24.1 Å². The molecule has 1 aliphatic rings. The van der Waals surface area contributed by atoms with Crippen molar-refractivity contribution < 1.29 is 4.39 Å². The van der Waals surface area contributed by atoms with E-state index in [4.69, 9.17) is 0 Å². The summed E-state index contributed by atoms with van der Waals surface area (Å²) in [6.45, 7) is 2.87. The molecule has 98 valence electrons. The van der Waals surface area contributed by atoms with E-state index >= 15 is 0 Å². The van der Waals surface area contributed by atoms with Crippen LogP contribution in [0.1, 0.15) is 42.0 Å². The maximum Gasteiger partial charge on any atom is 0.127 e. The van der Waals surface area contributed by atoms with Crippen molar-refractivity contribution in [3.63, 3.8) is 0 Å². The van der Waals surface area contributed by atoms with Crippen LogP contribution in [0.4, 0.5) is 4.39 Å². The van der Waals surface area contributed by atoms with E-state index in [0.29, 0.717) is 0 Å². The molecule has 2 aromatic carbocycles. The van der Waals surface area contributed by atoms with Crippen molar-refractivity contribution in [3.8, 4) is 0 Å². The number of hydrogen-bond donors (Lipinski definition) is 1. The van der Waals surface area contributed by atoms with Gasteiger partial charge in [0.15, 0.2) is 0 Å². The van der Waals surface area contributed by atoms with Gasteiger partial charge in [-0.05, 0) is 29.2 Å². The average Bonchev–Trinajstić information content (AvgIpc) is 2.47. The molecule has 0 aliphatic carbocycles. The zero-order valence-electron chi connectivity index (χ0n) is 11.1. The highest BCUT2D eigenvalue weighted by atomic mass is 19.1. The summed E-state index contributed by atoms with van der Waals surface area (Å²) in [5, 5.41) is 3.55. The molecule has 0 fully saturated rings. The Bertz CT molecular complexity index is 565. The van der Waals surface area contributed by atoms with Gasteiger partial charge in [-0.25, -0.2) is 4.39 Å². The number of halogens is 1. The van der Waals surface area contributed by atoms with Gasteiger partial charge in [0.2, 0.25) is 0 Å². The smallest absolute Gasteiger partial charge is 0.127 e. The highest BCUT2D eigenvalue weighted by molar-refractivity contribution is 5.38. The molecule has 1 aliphatic heterocycles. The molecule has 1 nitrogen and oxygen atoms in total. The zero-order chi connectivity index (χ0) is 13.2. The van der Waals surface area contributed by atoms with Crippen LogP contribution in [0.3, 0.4) is 0 Å². The number of benzene rings is 2. The zero-order valence-corrected chi connectivity index (χ0v) is 11.1. The maximum atomic E-state index is 14.2. The van der Waals surface area contributed by atoms with Crippen LogP contribution in [-0.4, -0.2) is 0 Å². The van der Waals surface area contributed by atoms with E-state index in [2.05, 4.69) is 24.4 Å². The Balaban J connectivity index is 2.05. The first kappa shape index (κ1) is 12.4. The molecule has 2 aromatic rings. The number of hydrogen-bond acceptors (Lipinski definition) is 1. The van der Waals surface area contributed by atoms with Crippen LogP contribution in [-0.2, 0) is 6.54 Å². The summed E-state index contributed by atoms with van der Waals surface area (Å²) in [5.41, 5.74) is 3.24. The molecule has 0 spiro atoms. The van der Waals surface area contributed by atoms with Crippen molar-refractivity contribution in [1.29, 1.82) is 0 Å². The van der Waals surface area contributed by atoms with E-state index in [1.54, 1.807) is 12.1 Å². The molecule has 3 rings (SSSR count). The van der Waals surface area contributed by atoms with Crippen LogP contribution < -0.4 is 5.32 Å². The van der Waals surface area contributed by atoms with E-state index in [-0.39, 0.29) is 17.8 Å². The predicted octanol–water partition coefficient (Wildman–Crippen LogP) is 4.16. The van der Waals surface area contributed by atoms with Gasteiger partial charge >= 0.3 is 0 Å². The Morgan fingerprint density at radius 2 is 1.89 bits per heavy atom. The van der Waals surface area contributed by atoms with Gasteiger partial charge in [0.25, 0.3) is 0 Å². The molecule has 1 heterocycles. The largest absolute Gasteiger partial charge is 0.305 e. The summed E-state index contributed by atoms with van der Waals surface area (Å²) < 4.78 is 14.2. The van der Waals surface area contributed by atoms with Crippen molar-refractivity contribution in [2.75, 3.05) is 0 Å². The first-order chi connectivity index (χ1) is 9.31. The third-order valence-corrected chi connectivity index (χ3v) is 4.03. The summed E-state index contributed by atoms with van der Waals surface area (Å²) in [6.07, 6.45) is 0.931. The molecule has 0 bridgehead atoms. The van der Waals surface area contributed by atoms with Crippen molar-refractivity contribution in [3.05, 3.63) is 71.0 Å². The minimum absolute atomic E-state index is 0.0632. The Morgan fingerprint density at radius 1 is 1.11 bits per heavy atom. The standard InChI is InChI=1S/C17H18FN/c1-2-14-16-13(9-6-10-15(16)18)11-19-17(14)12-7-4-3-5-8-12/h3-10,14,17,19H,2,11H2,1H3. The molecular formula is C17H18FN. The molecule has 0 aromatic heterocycles. The molecule has 2 atom stereocenters. The molecular weight excluding hydrogens is 237 g/mol. The van der Waals surface area contributed by atoms with Crippen LogP contribution in [0.15, 0.2) is 48.5 Å². The summed E-state index contributed by atoms with van der Waals surface area (Å²) >= 11 is 0. The van der Waals surface area contributed by atoms with Gasteiger partial charge in [-0.1, -0.05) is 49.4 Å². The highest BCUT2D eigenvalue weighted by Gasteiger charge is 2.31. The SMILES string of the molecule is CCC1c2c(F)cccc2CNC1c1ccccc1. The van der Waals surface area contributed by atoms with Crippen LogP contribution in [0.25, 0.3) is 0 Å². The lowest BCUT2D eigenvalue weighted by atomic mass is 9.80. The molecule has 2 unspecified atom stereocenters. The second kappa shape index (κ2) is 5.14. The first-order valence-corrected chi connectivity index (χ1v) is 6.87.